The number of Topliss-reactive ketones (excluding diaryl/α,β-unsaturated/α-hetero) is 1. The monoisotopic (exact) mass is 349 g/mol. The summed E-state index contributed by atoms with van der Waals surface area (Å²) in [6.45, 7) is 8.93. The summed E-state index contributed by atoms with van der Waals surface area (Å²) in [6.07, 6.45) is 1.47. The number of urea groups is 1. The molecule has 0 aromatic carbocycles. The van der Waals surface area contributed by atoms with Gasteiger partial charge in [0.2, 0.25) is 5.91 Å². The van der Waals surface area contributed by atoms with Crippen molar-refractivity contribution in [1.29, 1.82) is 0 Å². The van der Waals surface area contributed by atoms with Gasteiger partial charge in [0.05, 0.1) is 11.3 Å². The first-order valence-electron chi connectivity index (χ1n) is 8.70. The Kier molecular flexibility index (Phi) is 6.17. The molecule has 2 N–H and O–H groups in total. The fraction of sp³-hybridized carbons (Fsp3) is 0.647. The molecule has 0 unspecified atom stereocenters. The standard InChI is InChI=1S/C17H27N5O3/c1-5-18-17(25)21-8-6-14(7-9-21)19-15(24)10-22-12(3)16(13(4)23)11(2)20-22/h14H,5-10H2,1-4H3,(H,18,25)(H,19,24). The van der Waals surface area contributed by atoms with Gasteiger partial charge in [-0.1, -0.05) is 0 Å². The summed E-state index contributed by atoms with van der Waals surface area (Å²) in [5, 5.41) is 10.1. The summed E-state index contributed by atoms with van der Waals surface area (Å²) < 4.78 is 1.57. The minimum absolute atomic E-state index is 0.0422. The first kappa shape index (κ1) is 19.0. The number of carbonyl (C=O) groups is 3. The van der Waals surface area contributed by atoms with Crippen LogP contribution in [0, 0.1) is 13.8 Å². The second kappa shape index (κ2) is 8.13. The van der Waals surface area contributed by atoms with Crippen LogP contribution >= 0.6 is 0 Å². The Balaban J connectivity index is 1.87. The van der Waals surface area contributed by atoms with Gasteiger partial charge in [-0.2, -0.15) is 5.10 Å². The van der Waals surface area contributed by atoms with E-state index in [0.29, 0.717) is 36.6 Å². The average Bonchev–Trinajstić information content (AvgIpc) is 2.82. The van der Waals surface area contributed by atoms with Crippen molar-refractivity contribution in [3.05, 3.63) is 17.0 Å². The molecule has 2 rings (SSSR count). The summed E-state index contributed by atoms with van der Waals surface area (Å²) in [6, 6.07) is 0.00843. The number of hydrogen-bond donors (Lipinski definition) is 2. The summed E-state index contributed by atoms with van der Waals surface area (Å²) >= 11 is 0. The Hall–Kier alpha value is -2.38. The van der Waals surface area contributed by atoms with Crippen LogP contribution in [0.5, 0.6) is 0 Å². The van der Waals surface area contributed by atoms with E-state index in [2.05, 4.69) is 15.7 Å². The quantitative estimate of drug-likeness (QED) is 0.776. The molecule has 8 heteroatoms. The number of hydrogen-bond acceptors (Lipinski definition) is 4. The smallest absolute Gasteiger partial charge is 0.317 e. The summed E-state index contributed by atoms with van der Waals surface area (Å²) in [4.78, 5) is 37.5. The molecule has 138 valence electrons. The third-order valence-electron chi connectivity index (χ3n) is 4.50. The molecule has 0 atom stereocenters. The molecule has 0 aliphatic carbocycles. The minimum Gasteiger partial charge on any atom is -0.352 e. The summed E-state index contributed by atoms with van der Waals surface area (Å²) in [7, 11) is 0. The molecular weight excluding hydrogens is 322 g/mol. The van der Waals surface area contributed by atoms with Gasteiger partial charge in [0.1, 0.15) is 6.54 Å². The van der Waals surface area contributed by atoms with E-state index in [1.165, 1.54) is 6.92 Å². The number of aromatic nitrogens is 2. The number of ketones is 1. The fourth-order valence-electron chi connectivity index (χ4n) is 3.26. The molecule has 0 saturated carbocycles. The lowest BCUT2D eigenvalue weighted by molar-refractivity contribution is -0.122. The topological polar surface area (TPSA) is 96.3 Å². The molecule has 0 bridgehead atoms. The second-order valence-corrected chi connectivity index (χ2v) is 6.42. The maximum atomic E-state index is 12.3. The highest BCUT2D eigenvalue weighted by molar-refractivity contribution is 5.96. The van der Waals surface area contributed by atoms with Gasteiger partial charge in [-0.25, -0.2) is 4.79 Å². The Bertz CT molecular complexity index is 659. The molecule has 1 aliphatic rings. The largest absolute Gasteiger partial charge is 0.352 e. The molecule has 25 heavy (non-hydrogen) atoms. The third-order valence-corrected chi connectivity index (χ3v) is 4.50. The molecule has 1 aliphatic heterocycles. The Morgan fingerprint density at radius 2 is 1.84 bits per heavy atom. The van der Waals surface area contributed by atoms with Crippen molar-refractivity contribution in [3.8, 4) is 0 Å². The van der Waals surface area contributed by atoms with Crippen molar-refractivity contribution in [2.45, 2.75) is 53.1 Å². The molecule has 3 amide bonds. The zero-order valence-electron chi connectivity index (χ0n) is 15.4. The number of carbonyl (C=O) groups excluding carboxylic acids is 3. The third kappa shape index (κ3) is 4.58. The summed E-state index contributed by atoms with van der Waals surface area (Å²) in [5.41, 5.74) is 1.95. The van der Waals surface area contributed by atoms with Crippen LogP contribution in [-0.2, 0) is 11.3 Å². The highest BCUT2D eigenvalue weighted by Crippen LogP contribution is 2.14. The van der Waals surface area contributed by atoms with Crippen LogP contribution in [0.3, 0.4) is 0 Å². The van der Waals surface area contributed by atoms with Crippen LogP contribution < -0.4 is 10.6 Å². The van der Waals surface area contributed by atoms with Gasteiger partial charge in [0.15, 0.2) is 5.78 Å². The molecule has 8 nitrogen and oxygen atoms in total. The van der Waals surface area contributed by atoms with Gasteiger partial charge in [-0.15, -0.1) is 0 Å². The van der Waals surface area contributed by atoms with Crippen LogP contribution in [0.2, 0.25) is 0 Å². The lowest BCUT2D eigenvalue weighted by atomic mass is 10.1. The normalized spacial score (nSPS) is 15.1. The van der Waals surface area contributed by atoms with E-state index in [4.69, 9.17) is 0 Å². The first-order valence-corrected chi connectivity index (χ1v) is 8.70. The van der Waals surface area contributed by atoms with Crippen molar-refractivity contribution in [2.75, 3.05) is 19.6 Å². The molecule has 2 heterocycles. The first-order chi connectivity index (χ1) is 11.8. The van der Waals surface area contributed by atoms with Crippen LogP contribution in [0.1, 0.15) is 48.4 Å². The van der Waals surface area contributed by atoms with E-state index in [0.717, 1.165) is 12.8 Å². The van der Waals surface area contributed by atoms with Gasteiger partial charge >= 0.3 is 6.03 Å². The molecule has 1 aromatic rings. The SMILES string of the molecule is CCNC(=O)N1CCC(NC(=O)Cn2nc(C)c(C(C)=O)c2C)CC1. The molecule has 0 radical (unpaired) electrons. The van der Waals surface area contributed by atoms with E-state index in [9.17, 15) is 14.4 Å². The fourth-order valence-corrected chi connectivity index (χ4v) is 3.26. The highest BCUT2D eigenvalue weighted by atomic mass is 16.2. The van der Waals surface area contributed by atoms with Crippen molar-refractivity contribution >= 4 is 17.7 Å². The van der Waals surface area contributed by atoms with Crippen LogP contribution in [0.15, 0.2) is 0 Å². The van der Waals surface area contributed by atoms with Gasteiger partial charge in [-0.05, 0) is 40.5 Å². The molecule has 1 aromatic heterocycles. The number of nitrogens with zero attached hydrogens (tertiary/aromatic N) is 3. The molecular formula is C17H27N5O3. The number of piperidine rings is 1. The zero-order valence-corrected chi connectivity index (χ0v) is 15.4. The van der Waals surface area contributed by atoms with Crippen molar-refractivity contribution in [1.82, 2.24) is 25.3 Å². The van der Waals surface area contributed by atoms with E-state index < -0.39 is 0 Å². The van der Waals surface area contributed by atoms with E-state index in [1.54, 1.807) is 23.4 Å². The highest BCUT2D eigenvalue weighted by Gasteiger charge is 2.24. The van der Waals surface area contributed by atoms with E-state index in [1.807, 2.05) is 6.92 Å². The number of aryl methyl sites for hydroxylation is 1. The zero-order chi connectivity index (χ0) is 18.6. The number of nitrogens with one attached hydrogen (secondary N) is 2. The predicted octanol–water partition coefficient (Wildman–Crippen LogP) is 1.01. The number of rotatable bonds is 5. The second-order valence-electron chi connectivity index (χ2n) is 6.42. The van der Waals surface area contributed by atoms with Crippen LogP contribution in [0.25, 0.3) is 0 Å². The van der Waals surface area contributed by atoms with E-state index >= 15 is 0 Å². The Morgan fingerprint density at radius 3 is 2.36 bits per heavy atom. The Morgan fingerprint density at radius 1 is 1.20 bits per heavy atom. The number of amides is 3. The van der Waals surface area contributed by atoms with Gasteiger partial charge in [0.25, 0.3) is 0 Å². The van der Waals surface area contributed by atoms with Crippen LogP contribution in [0.4, 0.5) is 4.79 Å². The van der Waals surface area contributed by atoms with Gasteiger partial charge < -0.3 is 15.5 Å². The lowest BCUT2D eigenvalue weighted by Crippen LogP contribution is -2.49. The predicted molar refractivity (Wildman–Crippen MR) is 93.5 cm³/mol. The molecule has 1 fully saturated rings. The van der Waals surface area contributed by atoms with Gasteiger partial charge in [-0.3, -0.25) is 14.3 Å². The van der Waals surface area contributed by atoms with Crippen molar-refractivity contribution in [2.24, 2.45) is 0 Å². The van der Waals surface area contributed by atoms with Crippen molar-refractivity contribution < 1.29 is 14.4 Å². The average molecular weight is 349 g/mol. The lowest BCUT2D eigenvalue weighted by Gasteiger charge is -2.32. The maximum absolute atomic E-state index is 12.3. The van der Waals surface area contributed by atoms with Crippen molar-refractivity contribution in [3.63, 3.8) is 0 Å². The minimum atomic E-state index is -0.128. The molecule has 0 spiro atoms. The molecule has 1 saturated heterocycles. The number of likely N-dealkylation sites (tertiary alicyclic amines) is 1. The van der Waals surface area contributed by atoms with Crippen LogP contribution in [-0.4, -0.2) is 58.1 Å². The van der Waals surface area contributed by atoms with E-state index in [-0.39, 0.29) is 30.3 Å². The van der Waals surface area contributed by atoms with Gasteiger partial charge in [0, 0.05) is 31.4 Å². The Labute approximate surface area is 147 Å². The maximum Gasteiger partial charge on any atom is 0.317 e. The summed E-state index contributed by atoms with van der Waals surface area (Å²) in [5.74, 6) is -0.170.